The smallest absolute Gasteiger partial charge is 0.0273 e. The zero-order valence-electron chi connectivity index (χ0n) is 23.1. The molecule has 0 radical (unpaired) electrons. The van der Waals surface area contributed by atoms with Crippen LogP contribution in [0.25, 0.3) is 66.8 Å². The highest BCUT2D eigenvalue weighted by atomic mass is 14.6. The fourth-order valence-corrected chi connectivity index (χ4v) is 5.48. The first-order valence-electron chi connectivity index (χ1n) is 14.1. The summed E-state index contributed by atoms with van der Waals surface area (Å²) in [6, 6.07) is 52.1. The van der Waals surface area contributed by atoms with Gasteiger partial charge in [0, 0.05) is 24.8 Å². The van der Waals surface area contributed by atoms with Gasteiger partial charge >= 0.3 is 0 Å². The molecule has 0 atom stereocenters. The Balaban J connectivity index is 1.38. The fourth-order valence-electron chi connectivity index (χ4n) is 5.48. The second-order valence-electron chi connectivity index (χ2n) is 10.4. The Bertz CT molecular complexity index is 1720. The van der Waals surface area contributed by atoms with Gasteiger partial charge < -0.3 is 0 Å². The summed E-state index contributed by atoms with van der Waals surface area (Å²) in [5.41, 5.74) is 14.2. The second-order valence-corrected chi connectivity index (χ2v) is 10.4. The third-order valence-electron chi connectivity index (χ3n) is 7.66. The van der Waals surface area contributed by atoms with E-state index in [-0.39, 0.29) is 0 Å². The first-order valence-corrected chi connectivity index (χ1v) is 14.1. The molecule has 0 spiro atoms. The van der Waals surface area contributed by atoms with E-state index in [2.05, 4.69) is 156 Å². The number of hydrogen-bond donors (Lipinski definition) is 0. The van der Waals surface area contributed by atoms with Gasteiger partial charge in [0.1, 0.15) is 0 Å². The third-order valence-corrected chi connectivity index (χ3v) is 7.66. The normalized spacial score (nSPS) is 10.9. The molecule has 0 saturated carbocycles. The summed E-state index contributed by atoms with van der Waals surface area (Å²) in [4.78, 5) is 8.39. The van der Waals surface area contributed by atoms with Gasteiger partial charge in [-0.2, -0.15) is 0 Å². The van der Waals surface area contributed by atoms with Gasteiger partial charge in [0.25, 0.3) is 0 Å². The van der Waals surface area contributed by atoms with Crippen LogP contribution in [0.5, 0.6) is 0 Å². The molecule has 0 aliphatic carbocycles. The molecule has 2 aromatic heterocycles. The third kappa shape index (κ3) is 5.39. The summed E-state index contributed by atoms with van der Waals surface area (Å²) in [6.07, 6.45) is 7.37. The van der Waals surface area contributed by atoms with E-state index in [1.165, 1.54) is 55.6 Å². The van der Waals surface area contributed by atoms with Gasteiger partial charge in [0.05, 0.1) is 0 Å². The molecule has 0 amide bonds. The lowest BCUT2D eigenvalue weighted by atomic mass is 9.90. The van der Waals surface area contributed by atoms with E-state index < -0.39 is 0 Å². The maximum Gasteiger partial charge on any atom is 0.0273 e. The maximum absolute atomic E-state index is 4.20. The Morgan fingerprint density at radius 2 is 0.476 bits per heavy atom. The summed E-state index contributed by atoms with van der Waals surface area (Å²) in [6.45, 7) is 0. The zero-order chi connectivity index (χ0) is 28.1. The van der Waals surface area contributed by atoms with Gasteiger partial charge in [-0.25, -0.2) is 0 Å². The molecule has 7 rings (SSSR count). The minimum absolute atomic E-state index is 1.16. The van der Waals surface area contributed by atoms with Crippen molar-refractivity contribution in [2.24, 2.45) is 0 Å². The van der Waals surface area contributed by atoms with Crippen molar-refractivity contribution >= 4 is 0 Å². The van der Waals surface area contributed by atoms with Crippen molar-refractivity contribution in [3.8, 4) is 66.8 Å². The molecule has 0 unspecified atom stereocenters. The molecule has 0 bridgehead atoms. The molecular formula is C40H28N2. The largest absolute Gasteiger partial charge is 0.265 e. The van der Waals surface area contributed by atoms with E-state index in [9.17, 15) is 0 Å². The number of hydrogen-bond acceptors (Lipinski definition) is 2. The van der Waals surface area contributed by atoms with Gasteiger partial charge in [0.15, 0.2) is 0 Å². The Labute approximate surface area is 246 Å². The van der Waals surface area contributed by atoms with Crippen LogP contribution < -0.4 is 0 Å². The zero-order valence-corrected chi connectivity index (χ0v) is 23.1. The SMILES string of the molecule is c1ccc(-c2cccc(-c3cc(-c4cccc(-c5ccncc5)c4)cc(-c4cccc(-c5ccncc5)c4)c3)c2)cc1. The Kier molecular flexibility index (Phi) is 6.94. The van der Waals surface area contributed by atoms with Gasteiger partial charge in [0.2, 0.25) is 0 Å². The first-order chi connectivity index (χ1) is 20.8. The number of pyridine rings is 2. The number of aromatic nitrogens is 2. The van der Waals surface area contributed by atoms with Crippen molar-refractivity contribution in [1.82, 2.24) is 9.97 Å². The van der Waals surface area contributed by atoms with Crippen molar-refractivity contribution in [1.29, 1.82) is 0 Å². The van der Waals surface area contributed by atoms with Gasteiger partial charge in [-0.15, -0.1) is 0 Å². The summed E-state index contributed by atoms with van der Waals surface area (Å²) < 4.78 is 0. The molecule has 7 aromatic rings. The molecule has 0 saturated heterocycles. The van der Waals surface area contributed by atoms with E-state index in [1.54, 1.807) is 0 Å². The summed E-state index contributed by atoms with van der Waals surface area (Å²) >= 11 is 0. The lowest BCUT2D eigenvalue weighted by Gasteiger charge is -2.14. The minimum atomic E-state index is 1.16. The van der Waals surface area contributed by atoms with Crippen LogP contribution in [0.2, 0.25) is 0 Å². The van der Waals surface area contributed by atoms with E-state index in [0.717, 1.165) is 11.1 Å². The molecule has 198 valence electrons. The van der Waals surface area contributed by atoms with Crippen molar-refractivity contribution in [2.75, 3.05) is 0 Å². The van der Waals surface area contributed by atoms with Crippen LogP contribution in [0, 0.1) is 0 Å². The van der Waals surface area contributed by atoms with Crippen LogP contribution in [0.3, 0.4) is 0 Å². The summed E-state index contributed by atoms with van der Waals surface area (Å²) in [5.74, 6) is 0. The van der Waals surface area contributed by atoms with Crippen molar-refractivity contribution in [2.45, 2.75) is 0 Å². The topological polar surface area (TPSA) is 25.8 Å². The van der Waals surface area contributed by atoms with Crippen LogP contribution in [-0.2, 0) is 0 Å². The van der Waals surface area contributed by atoms with Crippen LogP contribution in [-0.4, -0.2) is 9.97 Å². The number of benzene rings is 5. The summed E-state index contributed by atoms with van der Waals surface area (Å²) in [7, 11) is 0. The highest BCUT2D eigenvalue weighted by molar-refractivity contribution is 5.85. The maximum atomic E-state index is 4.20. The van der Waals surface area contributed by atoms with Gasteiger partial charge in [-0.05, 0) is 127 Å². The predicted molar refractivity (Wildman–Crippen MR) is 175 cm³/mol. The van der Waals surface area contributed by atoms with Crippen molar-refractivity contribution in [3.05, 3.63) is 170 Å². The van der Waals surface area contributed by atoms with Gasteiger partial charge in [-0.3, -0.25) is 9.97 Å². The van der Waals surface area contributed by atoms with E-state index in [1.807, 2.05) is 24.8 Å². The molecule has 2 nitrogen and oxygen atoms in total. The van der Waals surface area contributed by atoms with E-state index in [0.29, 0.717) is 0 Å². The van der Waals surface area contributed by atoms with E-state index >= 15 is 0 Å². The monoisotopic (exact) mass is 536 g/mol. The molecular weight excluding hydrogens is 508 g/mol. The van der Waals surface area contributed by atoms with Crippen LogP contribution >= 0.6 is 0 Å². The molecule has 2 heterocycles. The molecule has 42 heavy (non-hydrogen) atoms. The molecule has 5 aromatic carbocycles. The first kappa shape index (κ1) is 25.4. The predicted octanol–water partition coefficient (Wildman–Crippen LogP) is 10.5. The average molecular weight is 537 g/mol. The van der Waals surface area contributed by atoms with Crippen molar-refractivity contribution in [3.63, 3.8) is 0 Å². The fraction of sp³-hybridized carbons (Fsp3) is 0. The molecule has 2 heteroatoms. The quantitative estimate of drug-likeness (QED) is 0.211. The standard InChI is InChI=1S/C40H28N2/c1-2-7-29(8-3-1)32-9-4-12-35(23-32)38-26-39(36-13-5-10-33(24-36)30-15-19-41-20-16-30)28-40(27-38)37-14-6-11-34(25-37)31-17-21-42-22-18-31/h1-28H. The second kappa shape index (κ2) is 11.5. The number of rotatable bonds is 6. The Morgan fingerprint density at radius 1 is 0.214 bits per heavy atom. The molecule has 0 aliphatic rings. The number of nitrogens with zero attached hydrogens (tertiary/aromatic N) is 2. The van der Waals surface area contributed by atoms with Crippen LogP contribution in [0.4, 0.5) is 0 Å². The summed E-state index contributed by atoms with van der Waals surface area (Å²) in [5, 5.41) is 0. The van der Waals surface area contributed by atoms with Gasteiger partial charge in [-0.1, -0.05) is 84.9 Å². The van der Waals surface area contributed by atoms with Crippen molar-refractivity contribution < 1.29 is 0 Å². The lowest BCUT2D eigenvalue weighted by Crippen LogP contribution is -1.88. The molecule has 0 N–H and O–H groups in total. The highest BCUT2D eigenvalue weighted by Crippen LogP contribution is 2.36. The Hall–Kier alpha value is -5.60. The Morgan fingerprint density at radius 3 is 0.833 bits per heavy atom. The average Bonchev–Trinajstić information content (AvgIpc) is 3.09. The molecule has 0 fully saturated rings. The highest BCUT2D eigenvalue weighted by Gasteiger charge is 2.11. The van der Waals surface area contributed by atoms with Crippen LogP contribution in [0.15, 0.2) is 170 Å². The lowest BCUT2D eigenvalue weighted by molar-refractivity contribution is 1.33. The minimum Gasteiger partial charge on any atom is -0.265 e. The molecule has 0 aliphatic heterocycles. The van der Waals surface area contributed by atoms with Crippen LogP contribution in [0.1, 0.15) is 0 Å². The van der Waals surface area contributed by atoms with E-state index in [4.69, 9.17) is 0 Å².